The van der Waals surface area contributed by atoms with Gasteiger partial charge in [-0.25, -0.2) is 4.79 Å². The van der Waals surface area contributed by atoms with Gasteiger partial charge in [0.15, 0.2) is 11.4 Å². The van der Waals surface area contributed by atoms with Crippen molar-refractivity contribution < 1.29 is 34.1 Å². The van der Waals surface area contributed by atoms with E-state index in [1.807, 2.05) is 13.0 Å². The summed E-state index contributed by atoms with van der Waals surface area (Å²) in [6.07, 6.45) is 10.8. The molecule has 0 aromatic carbocycles. The number of carbonyl (C=O) groups excluding carboxylic acids is 3. The van der Waals surface area contributed by atoms with E-state index in [9.17, 15) is 24.6 Å². The normalized spacial score (nSPS) is 24.6. The third kappa shape index (κ3) is 5.04. The lowest BCUT2D eigenvalue weighted by Crippen LogP contribution is -2.40. The van der Waals surface area contributed by atoms with Crippen molar-refractivity contribution in [2.75, 3.05) is 0 Å². The van der Waals surface area contributed by atoms with Crippen molar-refractivity contribution in [1.29, 1.82) is 0 Å². The van der Waals surface area contributed by atoms with Gasteiger partial charge in [-0.15, -0.1) is 0 Å². The molecule has 3 atom stereocenters. The van der Waals surface area contributed by atoms with Crippen molar-refractivity contribution in [3.05, 3.63) is 82.1 Å². The van der Waals surface area contributed by atoms with Gasteiger partial charge in [-0.1, -0.05) is 38.0 Å². The maximum atomic E-state index is 12.9. The van der Waals surface area contributed by atoms with Crippen LogP contribution in [-0.2, 0) is 23.9 Å². The minimum absolute atomic E-state index is 0.144. The van der Waals surface area contributed by atoms with E-state index in [0.29, 0.717) is 22.8 Å². The maximum absolute atomic E-state index is 12.9. The molecule has 2 N–H and O–H groups in total. The van der Waals surface area contributed by atoms with Crippen molar-refractivity contribution in [2.45, 2.75) is 59.2 Å². The third-order valence-corrected chi connectivity index (χ3v) is 5.94. The van der Waals surface area contributed by atoms with Crippen LogP contribution in [0.2, 0.25) is 0 Å². The molecule has 34 heavy (non-hydrogen) atoms. The summed E-state index contributed by atoms with van der Waals surface area (Å²) in [6, 6.07) is 0. The molecule has 0 bridgehead atoms. The van der Waals surface area contributed by atoms with E-state index in [4.69, 9.17) is 9.47 Å². The Morgan fingerprint density at radius 2 is 1.91 bits per heavy atom. The van der Waals surface area contributed by atoms with Crippen LogP contribution in [0.4, 0.5) is 0 Å². The van der Waals surface area contributed by atoms with Gasteiger partial charge in [0.2, 0.25) is 5.78 Å². The molecular weight excluding hydrogens is 436 g/mol. The molecule has 0 aromatic rings. The smallest absolute Gasteiger partial charge is 0.343 e. The average molecular weight is 467 g/mol. The number of hydrogen-bond acceptors (Lipinski definition) is 7. The van der Waals surface area contributed by atoms with E-state index in [0.717, 1.165) is 18.1 Å². The third-order valence-electron chi connectivity index (χ3n) is 5.94. The first-order valence-corrected chi connectivity index (χ1v) is 11.3. The molecule has 2 aliphatic heterocycles. The first-order valence-electron chi connectivity index (χ1n) is 11.3. The Labute approximate surface area is 199 Å². The molecule has 1 aliphatic carbocycles. The van der Waals surface area contributed by atoms with Crippen molar-refractivity contribution in [2.24, 2.45) is 5.92 Å². The van der Waals surface area contributed by atoms with E-state index >= 15 is 0 Å². The van der Waals surface area contributed by atoms with E-state index in [-0.39, 0.29) is 17.6 Å². The molecule has 0 amide bonds. The fourth-order valence-electron chi connectivity index (χ4n) is 4.00. The zero-order valence-electron chi connectivity index (χ0n) is 20.0. The summed E-state index contributed by atoms with van der Waals surface area (Å²) in [7, 11) is 0. The lowest BCUT2D eigenvalue weighted by Gasteiger charge is -2.31. The highest BCUT2D eigenvalue weighted by atomic mass is 16.6. The summed E-state index contributed by atoms with van der Waals surface area (Å²) in [4.78, 5) is 38.0. The van der Waals surface area contributed by atoms with Crippen LogP contribution in [0.3, 0.4) is 0 Å². The number of esters is 1. The number of ether oxygens (including phenoxy) is 2. The van der Waals surface area contributed by atoms with Crippen LogP contribution < -0.4 is 0 Å². The number of aliphatic hydroxyl groups excluding tert-OH is 2. The van der Waals surface area contributed by atoms with Crippen LogP contribution in [0.25, 0.3) is 0 Å². The molecule has 3 aliphatic rings. The predicted octanol–water partition coefficient (Wildman–Crippen LogP) is 4.24. The quantitative estimate of drug-likeness (QED) is 0.238. The summed E-state index contributed by atoms with van der Waals surface area (Å²) in [5.41, 5.74) is 0.0230. The molecule has 180 valence electrons. The Bertz CT molecular complexity index is 1140. The van der Waals surface area contributed by atoms with Crippen LogP contribution >= 0.6 is 0 Å². The van der Waals surface area contributed by atoms with E-state index < -0.39 is 35.0 Å². The monoisotopic (exact) mass is 466 g/mol. The van der Waals surface area contributed by atoms with E-state index in [1.165, 1.54) is 25.3 Å². The number of allylic oxidation sites excluding steroid dienone is 7. The molecule has 0 radical (unpaired) electrons. The standard InChI is InChI=1S/C27H30O7/c1-6-15(2)9-16(3)7-8-19(29)13-22(30)24-25-21-14-33-20(10-17(4)28)11-18(21)12-23(31)27(25,5)34-26(24)32/h7-9,11-15,17,28,30H,6,10H2,1-5H3/b8-7+,16-9+,22-13-. The Hall–Kier alpha value is -3.45. The Morgan fingerprint density at radius 3 is 2.56 bits per heavy atom. The fourth-order valence-corrected chi connectivity index (χ4v) is 4.00. The summed E-state index contributed by atoms with van der Waals surface area (Å²) in [5, 5.41) is 20.4. The lowest BCUT2D eigenvalue weighted by atomic mass is 9.76. The molecule has 0 saturated heterocycles. The van der Waals surface area contributed by atoms with Crippen LogP contribution in [0.1, 0.15) is 47.5 Å². The predicted molar refractivity (Wildman–Crippen MR) is 126 cm³/mol. The van der Waals surface area contributed by atoms with Gasteiger partial charge in [0.05, 0.1) is 12.4 Å². The number of aliphatic hydroxyl groups is 2. The minimum Gasteiger partial charge on any atom is -0.507 e. The first-order chi connectivity index (χ1) is 16.0. The SMILES string of the molecule is CCC(C)/C=C(C)/C=C/C(=O)/C=C(\O)C1=C2C3=COC(CC(C)O)=CC3=CC(=O)C2(C)OC1=O. The summed E-state index contributed by atoms with van der Waals surface area (Å²) in [5.74, 6) is -1.66. The molecule has 0 saturated carbocycles. The fraction of sp³-hybridized carbons (Fsp3) is 0.370. The number of rotatable bonds is 8. The van der Waals surface area contributed by atoms with Gasteiger partial charge in [0.1, 0.15) is 17.1 Å². The molecule has 0 aromatic heterocycles. The van der Waals surface area contributed by atoms with Gasteiger partial charge in [-0.2, -0.15) is 0 Å². The van der Waals surface area contributed by atoms with Gasteiger partial charge < -0.3 is 19.7 Å². The second-order valence-electron chi connectivity index (χ2n) is 9.01. The Morgan fingerprint density at radius 1 is 1.21 bits per heavy atom. The van der Waals surface area contributed by atoms with Crippen molar-refractivity contribution in [3.63, 3.8) is 0 Å². The summed E-state index contributed by atoms with van der Waals surface area (Å²) in [6.45, 7) is 9.07. The van der Waals surface area contributed by atoms with Crippen LogP contribution in [0, 0.1) is 5.92 Å². The Kier molecular flexibility index (Phi) is 7.26. The van der Waals surface area contributed by atoms with E-state index in [1.54, 1.807) is 19.1 Å². The molecule has 0 fully saturated rings. The number of ketones is 2. The van der Waals surface area contributed by atoms with Gasteiger partial charge in [0.25, 0.3) is 0 Å². The van der Waals surface area contributed by atoms with Crippen LogP contribution in [0.5, 0.6) is 0 Å². The zero-order chi connectivity index (χ0) is 25.2. The molecular formula is C27H30O7. The molecule has 2 heterocycles. The van der Waals surface area contributed by atoms with Gasteiger partial charge in [0, 0.05) is 23.6 Å². The van der Waals surface area contributed by atoms with Crippen LogP contribution in [-0.4, -0.2) is 39.5 Å². The topological polar surface area (TPSA) is 110 Å². The molecule has 3 unspecified atom stereocenters. The van der Waals surface area contributed by atoms with Gasteiger partial charge >= 0.3 is 5.97 Å². The summed E-state index contributed by atoms with van der Waals surface area (Å²) >= 11 is 0. The molecule has 7 heteroatoms. The van der Waals surface area contributed by atoms with Crippen LogP contribution in [0.15, 0.2) is 82.1 Å². The second-order valence-corrected chi connectivity index (χ2v) is 9.01. The van der Waals surface area contributed by atoms with Crippen molar-refractivity contribution in [3.8, 4) is 0 Å². The van der Waals surface area contributed by atoms with E-state index in [2.05, 4.69) is 13.8 Å². The van der Waals surface area contributed by atoms with Gasteiger partial charge in [-0.05, 0) is 50.5 Å². The second kappa shape index (κ2) is 9.81. The molecule has 7 nitrogen and oxygen atoms in total. The largest absolute Gasteiger partial charge is 0.507 e. The summed E-state index contributed by atoms with van der Waals surface area (Å²) < 4.78 is 11.0. The average Bonchev–Trinajstić information content (AvgIpc) is 3.03. The first kappa shape index (κ1) is 25.2. The minimum atomic E-state index is -1.64. The highest BCUT2D eigenvalue weighted by Gasteiger charge is 2.54. The molecule has 3 rings (SSSR count). The highest BCUT2D eigenvalue weighted by Crippen LogP contribution is 2.47. The number of carbonyl (C=O) groups is 3. The maximum Gasteiger partial charge on any atom is 0.343 e. The Balaban J connectivity index is 1.98. The number of fused-ring (bicyclic) bond motifs is 3. The van der Waals surface area contributed by atoms with Gasteiger partial charge in [-0.3, -0.25) is 9.59 Å². The highest BCUT2D eigenvalue weighted by molar-refractivity contribution is 6.13. The number of hydrogen-bond donors (Lipinski definition) is 2. The van der Waals surface area contributed by atoms with Crippen molar-refractivity contribution >= 4 is 17.5 Å². The zero-order valence-corrected chi connectivity index (χ0v) is 20.0. The van der Waals surface area contributed by atoms with Crippen molar-refractivity contribution in [1.82, 2.24) is 0 Å². The lowest BCUT2D eigenvalue weighted by molar-refractivity contribution is -0.152. The molecule has 0 spiro atoms.